The highest BCUT2D eigenvalue weighted by molar-refractivity contribution is 5.74. The Labute approximate surface area is 145 Å². The van der Waals surface area contributed by atoms with E-state index in [1.165, 1.54) is 16.8 Å². The third-order valence-corrected chi connectivity index (χ3v) is 5.09. The molecule has 1 aromatic rings. The lowest BCUT2D eigenvalue weighted by Crippen LogP contribution is -2.53. The van der Waals surface area contributed by atoms with Crippen LogP contribution >= 0.6 is 0 Å². The number of hydrogen-bond donors (Lipinski definition) is 1. The number of para-hydroxylation sites is 1. The lowest BCUT2D eigenvalue weighted by Gasteiger charge is -2.37. The Morgan fingerprint density at radius 1 is 1.29 bits per heavy atom. The number of amides is 2. The van der Waals surface area contributed by atoms with E-state index in [2.05, 4.69) is 42.3 Å². The highest BCUT2D eigenvalue weighted by Gasteiger charge is 2.24. The van der Waals surface area contributed by atoms with Crippen molar-refractivity contribution in [3.8, 4) is 0 Å². The molecule has 5 heteroatoms. The van der Waals surface area contributed by atoms with E-state index < -0.39 is 0 Å². The van der Waals surface area contributed by atoms with Crippen LogP contribution in [0.15, 0.2) is 18.2 Å². The Kier molecular flexibility index (Phi) is 5.61. The van der Waals surface area contributed by atoms with E-state index in [0.29, 0.717) is 6.54 Å². The predicted molar refractivity (Wildman–Crippen MR) is 96.7 cm³/mol. The molecule has 0 aliphatic carbocycles. The van der Waals surface area contributed by atoms with E-state index in [1.54, 1.807) is 0 Å². The minimum Gasteiger partial charge on any atom is -0.376 e. The van der Waals surface area contributed by atoms with Crippen molar-refractivity contribution in [2.75, 3.05) is 44.2 Å². The number of nitrogens with one attached hydrogen (secondary N) is 1. The molecule has 132 valence electrons. The maximum atomic E-state index is 12.3. The van der Waals surface area contributed by atoms with Gasteiger partial charge in [0.05, 0.1) is 6.10 Å². The molecule has 2 aliphatic heterocycles. The van der Waals surface area contributed by atoms with Crippen molar-refractivity contribution in [3.63, 3.8) is 0 Å². The molecule has 2 amide bonds. The van der Waals surface area contributed by atoms with Gasteiger partial charge in [0.2, 0.25) is 0 Å². The van der Waals surface area contributed by atoms with E-state index in [4.69, 9.17) is 4.74 Å². The van der Waals surface area contributed by atoms with Crippen LogP contribution in [-0.4, -0.2) is 56.4 Å². The van der Waals surface area contributed by atoms with Crippen molar-refractivity contribution in [3.05, 3.63) is 29.3 Å². The quantitative estimate of drug-likeness (QED) is 0.922. The van der Waals surface area contributed by atoms with Crippen LogP contribution in [0.1, 0.15) is 30.9 Å². The Morgan fingerprint density at radius 3 is 2.75 bits per heavy atom. The van der Waals surface area contributed by atoms with E-state index in [0.717, 1.165) is 52.0 Å². The fourth-order valence-corrected chi connectivity index (χ4v) is 3.71. The van der Waals surface area contributed by atoms with Crippen molar-refractivity contribution in [2.24, 2.45) is 0 Å². The monoisotopic (exact) mass is 331 g/mol. The summed E-state index contributed by atoms with van der Waals surface area (Å²) in [5.41, 5.74) is 4.08. The number of piperazine rings is 1. The zero-order chi connectivity index (χ0) is 16.9. The van der Waals surface area contributed by atoms with Gasteiger partial charge in [-0.15, -0.1) is 0 Å². The number of carbonyl (C=O) groups is 1. The Hall–Kier alpha value is -1.75. The summed E-state index contributed by atoms with van der Waals surface area (Å²) >= 11 is 0. The first kappa shape index (κ1) is 17.1. The van der Waals surface area contributed by atoms with Gasteiger partial charge in [0.15, 0.2) is 0 Å². The second-order valence-corrected chi connectivity index (χ2v) is 6.73. The summed E-state index contributed by atoms with van der Waals surface area (Å²) in [4.78, 5) is 16.7. The van der Waals surface area contributed by atoms with Gasteiger partial charge >= 0.3 is 6.03 Å². The zero-order valence-electron chi connectivity index (χ0n) is 14.9. The third-order valence-electron chi connectivity index (χ3n) is 5.09. The summed E-state index contributed by atoms with van der Waals surface area (Å²) in [6.45, 7) is 9.18. The van der Waals surface area contributed by atoms with E-state index in [1.807, 2.05) is 4.90 Å². The summed E-state index contributed by atoms with van der Waals surface area (Å²) in [6.07, 6.45) is 3.41. The maximum Gasteiger partial charge on any atom is 0.317 e. The molecule has 2 saturated heterocycles. The Morgan fingerprint density at radius 2 is 2.08 bits per heavy atom. The van der Waals surface area contributed by atoms with E-state index in [9.17, 15) is 4.79 Å². The van der Waals surface area contributed by atoms with Gasteiger partial charge in [-0.2, -0.15) is 0 Å². The minimum absolute atomic E-state index is 0.0469. The summed E-state index contributed by atoms with van der Waals surface area (Å²) in [7, 11) is 0. The van der Waals surface area contributed by atoms with Crippen molar-refractivity contribution >= 4 is 11.7 Å². The Balaban J connectivity index is 1.53. The van der Waals surface area contributed by atoms with Crippen LogP contribution in [0.2, 0.25) is 0 Å². The molecule has 0 aromatic heterocycles. The molecule has 0 bridgehead atoms. The SMILES string of the molecule is CCc1cccc(C)c1N1CCN(C(=O)NCC2CCCO2)CC1. The molecule has 1 aromatic carbocycles. The second kappa shape index (κ2) is 7.88. The highest BCUT2D eigenvalue weighted by atomic mass is 16.5. The molecule has 1 N–H and O–H groups in total. The Bertz CT molecular complexity index is 562. The average molecular weight is 331 g/mol. The molecule has 0 spiro atoms. The first-order chi connectivity index (χ1) is 11.7. The third kappa shape index (κ3) is 3.83. The number of aryl methyl sites for hydroxylation is 2. The van der Waals surface area contributed by atoms with Crippen molar-refractivity contribution < 1.29 is 9.53 Å². The maximum absolute atomic E-state index is 12.3. The summed E-state index contributed by atoms with van der Waals surface area (Å²) in [5, 5.41) is 3.03. The van der Waals surface area contributed by atoms with Gasteiger partial charge in [-0.25, -0.2) is 4.79 Å². The summed E-state index contributed by atoms with van der Waals surface area (Å²) < 4.78 is 5.56. The van der Waals surface area contributed by atoms with Crippen LogP contribution in [0.5, 0.6) is 0 Å². The number of ether oxygens (including phenoxy) is 1. The van der Waals surface area contributed by atoms with Gasteiger partial charge in [-0.05, 0) is 37.3 Å². The zero-order valence-corrected chi connectivity index (χ0v) is 14.9. The van der Waals surface area contributed by atoms with Crippen molar-refractivity contribution in [2.45, 2.75) is 39.2 Å². The largest absolute Gasteiger partial charge is 0.376 e. The number of rotatable bonds is 4. The molecule has 3 rings (SSSR count). The molecular weight excluding hydrogens is 302 g/mol. The molecule has 0 saturated carbocycles. The summed E-state index contributed by atoms with van der Waals surface area (Å²) in [6, 6.07) is 6.57. The smallest absolute Gasteiger partial charge is 0.317 e. The second-order valence-electron chi connectivity index (χ2n) is 6.73. The topological polar surface area (TPSA) is 44.8 Å². The molecule has 5 nitrogen and oxygen atoms in total. The van der Waals surface area contributed by atoms with Crippen LogP contribution in [-0.2, 0) is 11.2 Å². The lowest BCUT2D eigenvalue weighted by atomic mass is 10.0. The van der Waals surface area contributed by atoms with E-state index >= 15 is 0 Å². The first-order valence-corrected chi connectivity index (χ1v) is 9.17. The van der Waals surface area contributed by atoms with Crippen LogP contribution in [0.4, 0.5) is 10.5 Å². The van der Waals surface area contributed by atoms with Gasteiger partial charge in [-0.1, -0.05) is 25.1 Å². The van der Waals surface area contributed by atoms with Crippen LogP contribution in [0, 0.1) is 6.92 Å². The standard InChI is InChI=1S/C19H29N3O2/c1-3-16-7-4-6-15(2)18(16)21-9-11-22(12-10-21)19(23)20-14-17-8-5-13-24-17/h4,6-7,17H,3,5,8-14H2,1-2H3,(H,20,23). The van der Waals surface area contributed by atoms with Crippen molar-refractivity contribution in [1.82, 2.24) is 10.2 Å². The normalized spacial score (nSPS) is 21.2. The van der Waals surface area contributed by atoms with Crippen LogP contribution in [0.3, 0.4) is 0 Å². The van der Waals surface area contributed by atoms with E-state index in [-0.39, 0.29) is 12.1 Å². The van der Waals surface area contributed by atoms with Gasteiger partial charge < -0.3 is 19.9 Å². The average Bonchev–Trinajstić information content (AvgIpc) is 3.13. The molecule has 1 atom stereocenters. The van der Waals surface area contributed by atoms with Crippen LogP contribution < -0.4 is 10.2 Å². The minimum atomic E-state index is 0.0469. The number of hydrogen-bond acceptors (Lipinski definition) is 3. The van der Waals surface area contributed by atoms with Crippen molar-refractivity contribution in [1.29, 1.82) is 0 Å². The summed E-state index contributed by atoms with van der Waals surface area (Å²) in [5.74, 6) is 0. The van der Waals surface area contributed by atoms with Crippen LogP contribution in [0.25, 0.3) is 0 Å². The number of anilines is 1. The lowest BCUT2D eigenvalue weighted by molar-refractivity contribution is 0.108. The number of benzene rings is 1. The molecular formula is C19H29N3O2. The molecule has 0 radical (unpaired) electrons. The number of nitrogens with zero attached hydrogens (tertiary/aromatic N) is 2. The first-order valence-electron chi connectivity index (χ1n) is 9.17. The molecule has 1 unspecified atom stereocenters. The fourth-order valence-electron chi connectivity index (χ4n) is 3.71. The fraction of sp³-hybridized carbons (Fsp3) is 0.632. The van der Waals surface area contributed by atoms with Gasteiger partial charge in [0, 0.05) is 45.0 Å². The molecule has 2 fully saturated rings. The number of carbonyl (C=O) groups excluding carboxylic acids is 1. The molecule has 2 aliphatic rings. The predicted octanol–water partition coefficient (Wildman–Crippen LogP) is 2.57. The molecule has 2 heterocycles. The molecule has 24 heavy (non-hydrogen) atoms. The van der Waals surface area contributed by atoms with Gasteiger partial charge in [-0.3, -0.25) is 0 Å². The highest BCUT2D eigenvalue weighted by Crippen LogP contribution is 2.26. The number of urea groups is 1. The van der Waals surface area contributed by atoms with Gasteiger partial charge in [0.1, 0.15) is 0 Å². The van der Waals surface area contributed by atoms with Gasteiger partial charge in [0.25, 0.3) is 0 Å².